The van der Waals surface area contributed by atoms with Gasteiger partial charge in [0, 0.05) is 0 Å². The summed E-state index contributed by atoms with van der Waals surface area (Å²) in [5.74, 6) is -1.72. The summed E-state index contributed by atoms with van der Waals surface area (Å²) in [6.45, 7) is 0.543. The number of nitrogens with one attached hydrogen (secondary N) is 1. The molecule has 1 aromatic carbocycles. The largest absolute Gasteiger partial charge is 0.481 e. The second kappa shape index (κ2) is 6.65. The Bertz CT molecular complexity index is 386. The highest BCUT2D eigenvalue weighted by atomic mass is 16.4. The first-order valence-electron chi connectivity index (χ1n) is 5.30. The van der Waals surface area contributed by atoms with Crippen molar-refractivity contribution in [3.05, 3.63) is 35.4 Å². The predicted octanol–water partition coefficient (Wildman–Crippen LogP) is 0.530. The van der Waals surface area contributed by atoms with Crippen molar-refractivity contribution in [2.24, 2.45) is 0 Å². The smallest absolute Gasteiger partial charge is 0.317 e. The van der Waals surface area contributed by atoms with Gasteiger partial charge in [-0.1, -0.05) is 24.3 Å². The molecule has 17 heavy (non-hydrogen) atoms. The van der Waals surface area contributed by atoms with Crippen LogP contribution in [0.2, 0.25) is 0 Å². The fraction of sp³-hybridized carbons (Fsp3) is 0.333. The lowest BCUT2D eigenvalue weighted by molar-refractivity contribution is -0.137. The Labute approximate surface area is 99.1 Å². The summed E-state index contributed by atoms with van der Waals surface area (Å²) < 4.78 is 0. The first-order valence-corrected chi connectivity index (χ1v) is 5.30. The van der Waals surface area contributed by atoms with E-state index in [1.54, 1.807) is 12.1 Å². The second-order valence-corrected chi connectivity index (χ2v) is 3.71. The number of rotatable bonds is 7. The molecule has 0 saturated heterocycles. The molecule has 1 rings (SSSR count). The number of hydrogen-bond acceptors (Lipinski definition) is 3. The van der Waals surface area contributed by atoms with E-state index in [4.69, 9.17) is 10.2 Å². The molecule has 0 aliphatic heterocycles. The lowest BCUT2D eigenvalue weighted by Crippen LogP contribution is -2.24. The molecule has 1 aromatic rings. The predicted molar refractivity (Wildman–Crippen MR) is 62.0 cm³/mol. The minimum absolute atomic E-state index is 0.0253. The molecule has 0 bridgehead atoms. The molecule has 5 heteroatoms. The molecule has 0 aromatic heterocycles. The molecular weight excluding hydrogens is 222 g/mol. The van der Waals surface area contributed by atoms with E-state index >= 15 is 0 Å². The van der Waals surface area contributed by atoms with E-state index in [-0.39, 0.29) is 13.0 Å². The third kappa shape index (κ3) is 5.67. The zero-order chi connectivity index (χ0) is 12.7. The Kier molecular flexibility index (Phi) is 5.16. The fourth-order valence-corrected chi connectivity index (χ4v) is 1.43. The quantitative estimate of drug-likeness (QED) is 0.602. The van der Waals surface area contributed by atoms with Crippen molar-refractivity contribution in [1.29, 1.82) is 0 Å². The fourth-order valence-electron chi connectivity index (χ4n) is 1.43. The molecule has 0 aliphatic rings. The molecule has 3 N–H and O–H groups in total. The molecule has 0 spiro atoms. The molecule has 92 valence electrons. The summed E-state index contributed by atoms with van der Waals surface area (Å²) in [6, 6.07) is 7.28. The summed E-state index contributed by atoms with van der Waals surface area (Å²) in [5.41, 5.74) is 1.82. The highest BCUT2D eigenvalue weighted by Gasteiger charge is 2.00. The Hall–Kier alpha value is -1.88. The van der Waals surface area contributed by atoms with E-state index in [9.17, 15) is 9.59 Å². The van der Waals surface area contributed by atoms with Gasteiger partial charge in [-0.3, -0.25) is 9.59 Å². The van der Waals surface area contributed by atoms with Crippen LogP contribution in [0.3, 0.4) is 0 Å². The van der Waals surface area contributed by atoms with Crippen molar-refractivity contribution < 1.29 is 19.8 Å². The van der Waals surface area contributed by atoms with Gasteiger partial charge in [-0.2, -0.15) is 0 Å². The number of hydrogen-bond donors (Lipinski definition) is 3. The Morgan fingerprint density at radius 1 is 1.00 bits per heavy atom. The maximum Gasteiger partial charge on any atom is 0.317 e. The highest BCUT2D eigenvalue weighted by molar-refractivity contribution is 5.70. The first-order chi connectivity index (χ1) is 8.08. The van der Waals surface area contributed by atoms with Crippen molar-refractivity contribution in [3.63, 3.8) is 0 Å². The average molecular weight is 237 g/mol. The number of aliphatic carboxylic acids is 2. The van der Waals surface area contributed by atoms with Crippen molar-refractivity contribution in [3.8, 4) is 0 Å². The van der Waals surface area contributed by atoms with Crippen molar-refractivity contribution in [2.75, 3.05) is 13.1 Å². The van der Waals surface area contributed by atoms with Crippen molar-refractivity contribution in [1.82, 2.24) is 5.32 Å². The van der Waals surface area contributed by atoms with E-state index in [0.717, 1.165) is 17.5 Å². The highest BCUT2D eigenvalue weighted by Crippen LogP contribution is 2.05. The van der Waals surface area contributed by atoms with Crippen LogP contribution in [0.1, 0.15) is 11.1 Å². The van der Waals surface area contributed by atoms with Gasteiger partial charge in [0.2, 0.25) is 0 Å². The topological polar surface area (TPSA) is 86.6 Å². The molecular formula is C12H15NO4. The molecule has 0 unspecified atom stereocenters. The van der Waals surface area contributed by atoms with Crippen LogP contribution >= 0.6 is 0 Å². The van der Waals surface area contributed by atoms with Gasteiger partial charge in [0.05, 0.1) is 13.0 Å². The van der Waals surface area contributed by atoms with Gasteiger partial charge >= 0.3 is 11.9 Å². The van der Waals surface area contributed by atoms with Gasteiger partial charge in [-0.25, -0.2) is 0 Å². The van der Waals surface area contributed by atoms with E-state index in [1.165, 1.54) is 0 Å². The Morgan fingerprint density at radius 2 is 1.59 bits per heavy atom. The van der Waals surface area contributed by atoms with Gasteiger partial charge in [0.1, 0.15) is 0 Å². The maximum absolute atomic E-state index is 10.5. The van der Waals surface area contributed by atoms with E-state index in [0.29, 0.717) is 6.54 Å². The number of carboxylic acid groups (broad SMARTS) is 2. The second-order valence-electron chi connectivity index (χ2n) is 3.71. The number of benzene rings is 1. The first kappa shape index (κ1) is 13.2. The summed E-state index contributed by atoms with van der Waals surface area (Å²) in [4.78, 5) is 20.7. The van der Waals surface area contributed by atoms with Crippen LogP contribution in [-0.2, 0) is 22.4 Å². The van der Waals surface area contributed by atoms with Crippen LogP contribution in [-0.4, -0.2) is 35.2 Å². The van der Waals surface area contributed by atoms with Crippen LogP contribution in [0.15, 0.2) is 24.3 Å². The molecule has 5 nitrogen and oxygen atoms in total. The monoisotopic (exact) mass is 237 g/mol. The lowest BCUT2D eigenvalue weighted by Gasteiger charge is -2.03. The van der Waals surface area contributed by atoms with Crippen molar-refractivity contribution >= 4 is 11.9 Å². The maximum atomic E-state index is 10.5. The zero-order valence-corrected chi connectivity index (χ0v) is 9.35. The van der Waals surface area contributed by atoms with Gasteiger partial charge in [0.15, 0.2) is 0 Å². The molecule has 0 heterocycles. The van der Waals surface area contributed by atoms with E-state index in [1.807, 2.05) is 12.1 Å². The number of carbonyl (C=O) groups is 2. The molecule has 0 amide bonds. The van der Waals surface area contributed by atoms with Gasteiger partial charge in [0.25, 0.3) is 0 Å². The van der Waals surface area contributed by atoms with E-state index in [2.05, 4.69) is 5.32 Å². The SMILES string of the molecule is O=C(O)CNCCc1ccc(CC(=O)O)cc1. The molecule has 0 saturated carbocycles. The minimum atomic E-state index is -0.873. The Balaban J connectivity index is 2.35. The Morgan fingerprint density at radius 3 is 2.12 bits per heavy atom. The molecule has 0 fully saturated rings. The van der Waals surface area contributed by atoms with Crippen LogP contribution in [0, 0.1) is 0 Å². The normalized spacial score (nSPS) is 10.1. The third-order valence-corrected chi connectivity index (χ3v) is 2.24. The molecule has 0 aliphatic carbocycles. The van der Waals surface area contributed by atoms with Gasteiger partial charge in [-0.15, -0.1) is 0 Å². The molecule has 0 atom stereocenters. The third-order valence-electron chi connectivity index (χ3n) is 2.24. The van der Waals surface area contributed by atoms with Crippen LogP contribution in [0.5, 0.6) is 0 Å². The molecule has 0 radical (unpaired) electrons. The summed E-state index contributed by atoms with van der Waals surface area (Å²) >= 11 is 0. The zero-order valence-electron chi connectivity index (χ0n) is 9.35. The standard InChI is InChI=1S/C12H15NO4/c14-11(15)7-10-3-1-9(2-4-10)5-6-13-8-12(16)17/h1-4,13H,5-8H2,(H,14,15)(H,16,17). The van der Waals surface area contributed by atoms with Crippen molar-refractivity contribution in [2.45, 2.75) is 12.8 Å². The van der Waals surface area contributed by atoms with Gasteiger partial charge < -0.3 is 15.5 Å². The van der Waals surface area contributed by atoms with Gasteiger partial charge in [-0.05, 0) is 24.1 Å². The van der Waals surface area contributed by atoms with Crippen LogP contribution < -0.4 is 5.32 Å². The lowest BCUT2D eigenvalue weighted by atomic mass is 10.1. The summed E-state index contributed by atoms with van der Waals surface area (Å²) in [5, 5.41) is 19.8. The summed E-state index contributed by atoms with van der Waals surface area (Å²) in [6.07, 6.45) is 0.748. The van der Waals surface area contributed by atoms with Crippen LogP contribution in [0.25, 0.3) is 0 Å². The van der Waals surface area contributed by atoms with Crippen LogP contribution in [0.4, 0.5) is 0 Å². The number of carboxylic acids is 2. The summed E-state index contributed by atoms with van der Waals surface area (Å²) in [7, 11) is 0. The average Bonchev–Trinajstić information content (AvgIpc) is 2.25. The van der Waals surface area contributed by atoms with E-state index < -0.39 is 11.9 Å². The minimum Gasteiger partial charge on any atom is -0.481 e.